The van der Waals surface area contributed by atoms with Crippen LogP contribution in [0, 0.1) is 16.7 Å². The number of carbonyl (C=O) groups is 2. The highest BCUT2D eigenvalue weighted by Crippen LogP contribution is 2.50. The molecule has 2 rings (SSSR count). The zero-order valence-corrected chi connectivity index (χ0v) is 15.7. The molecule has 6 heteroatoms. The molecule has 2 atom stereocenters. The molecule has 0 radical (unpaired) electrons. The first-order valence-electron chi connectivity index (χ1n) is 8.01. The van der Waals surface area contributed by atoms with Gasteiger partial charge in [-0.2, -0.15) is 0 Å². The molecule has 0 unspecified atom stereocenters. The van der Waals surface area contributed by atoms with E-state index in [1.54, 1.807) is 18.2 Å². The van der Waals surface area contributed by atoms with Crippen LogP contribution in [0.5, 0.6) is 0 Å². The van der Waals surface area contributed by atoms with Crippen molar-refractivity contribution in [2.45, 2.75) is 46.5 Å². The predicted molar refractivity (Wildman–Crippen MR) is 96.6 cm³/mol. The Kier molecular flexibility index (Phi) is 5.50. The van der Waals surface area contributed by atoms with Gasteiger partial charge in [0, 0.05) is 22.2 Å². The molecule has 0 spiro atoms. The second-order valence-electron chi connectivity index (χ2n) is 7.82. The molecule has 1 aromatic rings. The van der Waals surface area contributed by atoms with E-state index < -0.39 is 11.4 Å². The summed E-state index contributed by atoms with van der Waals surface area (Å²) < 4.78 is 0. The van der Waals surface area contributed by atoms with Crippen molar-refractivity contribution < 1.29 is 14.7 Å². The molecule has 24 heavy (non-hydrogen) atoms. The Bertz CT molecular complexity index is 639. The zero-order valence-electron chi connectivity index (χ0n) is 14.2. The number of rotatable bonds is 4. The number of carboxylic acid groups (broad SMARTS) is 1. The van der Waals surface area contributed by atoms with Crippen molar-refractivity contribution in [3.8, 4) is 0 Å². The van der Waals surface area contributed by atoms with E-state index in [0.717, 1.165) is 6.42 Å². The van der Waals surface area contributed by atoms with Gasteiger partial charge in [-0.15, -0.1) is 0 Å². The van der Waals surface area contributed by atoms with E-state index in [9.17, 15) is 14.7 Å². The number of hydrogen-bond acceptors (Lipinski definition) is 2. The number of nitrogens with one attached hydrogen (secondary N) is 1. The van der Waals surface area contributed by atoms with Crippen LogP contribution in [-0.4, -0.2) is 17.0 Å². The number of hydrogen-bond donors (Lipinski definition) is 2. The van der Waals surface area contributed by atoms with E-state index in [1.165, 1.54) is 0 Å². The van der Waals surface area contributed by atoms with E-state index in [0.29, 0.717) is 28.6 Å². The highest BCUT2D eigenvalue weighted by Gasteiger charge is 2.49. The second kappa shape index (κ2) is 6.93. The number of benzene rings is 1. The summed E-state index contributed by atoms with van der Waals surface area (Å²) in [6, 6.07) is 4.75. The number of halogens is 2. The van der Waals surface area contributed by atoms with Crippen molar-refractivity contribution in [2.24, 2.45) is 16.7 Å². The zero-order chi connectivity index (χ0) is 18.1. The first-order chi connectivity index (χ1) is 11.0. The van der Waals surface area contributed by atoms with Gasteiger partial charge >= 0.3 is 5.97 Å². The molecule has 132 valence electrons. The lowest BCUT2D eigenvalue weighted by Gasteiger charge is -2.44. The summed E-state index contributed by atoms with van der Waals surface area (Å²) >= 11 is 11.9. The van der Waals surface area contributed by atoms with Crippen LogP contribution in [0.1, 0.15) is 46.5 Å². The SMILES string of the molecule is C[C@H]1CC(C)(C)C[C@](CC(=O)Nc2cc(Cl)cc(Cl)c2)(C(=O)O)C1. The van der Waals surface area contributed by atoms with Crippen molar-refractivity contribution >= 4 is 40.8 Å². The minimum atomic E-state index is -1.03. The maximum absolute atomic E-state index is 12.5. The lowest BCUT2D eigenvalue weighted by Crippen LogP contribution is -2.44. The minimum absolute atomic E-state index is 0.0553. The predicted octanol–water partition coefficient (Wildman–Crippen LogP) is 5.24. The van der Waals surface area contributed by atoms with Crippen LogP contribution in [0.3, 0.4) is 0 Å². The molecule has 0 bridgehead atoms. The van der Waals surface area contributed by atoms with E-state index in [2.05, 4.69) is 19.2 Å². The van der Waals surface area contributed by atoms with Crippen molar-refractivity contribution in [1.82, 2.24) is 0 Å². The third kappa shape index (κ3) is 4.64. The maximum atomic E-state index is 12.5. The third-order valence-electron chi connectivity index (χ3n) is 4.56. The lowest BCUT2D eigenvalue weighted by molar-refractivity contribution is -0.157. The minimum Gasteiger partial charge on any atom is -0.481 e. The molecule has 4 nitrogen and oxygen atoms in total. The van der Waals surface area contributed by atoms with Gasteiger partial charge in [0.1, 0.15) is 0 Å². The van der Waals surface area contributed by atoms with Crippen LogP contribution < -0.4 is 5.32 Å². The van der Waals surface area contributed by atoms with Crippen molar-refractivity contribution in [2.75, 3.05) is 5.32 Å². The number of amides is 1. The lowest BCUT2D eigenvalue weighted by atomic mass is 9.59. The third-order valence-corrected chi connectivity index (χ3v) is 4.99. The Labute approximate surface area is 152 Å². The Balaban J connectivity index is 2.18. The first-order valence-corrected chi connectivity index (χ1v) is 8.76. The quantitative estimate of drug-likeness (QED) is 0.760. The van der Waals surface area contributed by atoms with Crippen molar-refractivity contribution in [3.63, 3.8) is 0 Å². The highest BCUT2D eigenvalue weighted by molar-refractivity contribution is 6.35. The number of carbonyl (C=O) groups excluding carboxylic acids is 1. The number of anilines is 1. The fourth-order valence-corrected chi connectivity index (χ4v) is 4.78. The fourth-order valence-electron chi connectivity index (χ4n) is 4.25. The molecular weight excluding hydrogens is 349 g/mol. The Morgan fingerprint density at radius 3 is 2.29 bits per heavy atom. The molecule has 0 aliphatic heterocycles. The van der Waals surface area contributed by atoms with Gasteiger partial charge in [-0.3, -0.25) is 9.59 Å². The summed E-state index contributed by atoms with van der Waals surface area (Å²) in [5.41, 5.74) is -0.662. The fraction of sp³-hybridized carbons (Fsp3) is 0.556. The molecule has 0 saturated heterocycles. The summed E-state index contributed by atoms with van der Waals surface area (Å²) in [7, 11) is 0. The normalized spacial score (nSPS) is 26.0. The molecular formula is C18H23Cl2NO3. The molecule has 1 amide bonds. The van der Waals surface area contributed by atoms with Crippen LogP contribution >= 0.6 is 23.2 Å². The topological polar surface area (TPSA) is 66.4 Å². The number of aliphatic carboxylic acids is 1. The molecule has 1 aliphatic rings. The smallest absolute Gasteiger partial charge is 0.310 e. The largest absolute Gasteiger partial charge is 0.481 e. The summed E-state index contributed by atoms with van der Waals surface area (Å²) in [6.45, 7) is 6.18. The molecule has 0 heterocycles. The van der Waals surface area contributed by atoms with Gasteiger partial charge in [0.15, 0.2) is 0 Å². The van der Waals surface area contributed by atoms with Gasteiger partial charge < -0.3 is 10.4 Å². The Hall–Kier alpha value is -1.26. The standard InChI is InChI=1S/C18H23Cl2NO3/c1-11-7-17(2,3)10-18(8-11,16(23)24)9-15(22)21-14-5-12(19)4-13(20)6-14/h4-6,11H,7-10H2,1-3H3,(H,21,22)(H,23,24)/t11-,18-/m0/s1. The number of carboxylic acids is 1. The average Bonchev–Trinajstić information content (AvgIpc) is 2.33. The van der Waals surface area contributed by atoms with Gasteiger partial charge in [-0.1, -0.05) is 44.0 Å². The summed E-state index contributed by atoms with van der Waals surface area (Å²) in [5, 5.41) is 13.4. The van der Waals surface area contributed by atoms with Crippen LogP contribution in [0.4, 0.5) is 5.69 Å². The summed E-state index contributed by atoms with van der Waals surface area (Å²) in [5.74, 6) is -0.972. The maximum Gasteiger partial charge on any atom is 0.310 e. The summed E-state index contributed by atoms with van der Waals surface area (Å²) in [4.78, 5) is 24.5. The van der Waals surface area contributed by atoms with Gasteiger partial charge in [0.2, 0.25) is 5.91 Å². The van der Waals surface area contributed by atoms with Crippen LogP contribution in [0.25, 0.3) is 0 Å². The monoisotopic (exact) mass is 371 g/mol. The average molecular weight is 372 g/mol. The van der Waals surface area contributed by atoms with E-state index in [1.807, 2.05) is 6.92 Å². The van der Waals surface area contributed by atoms with E-state index in [4.69, 9.17) is 23.2 Å². The van der Waals surface area contributed by atoms with Gasteiger partial charge in [0.05, 0.1) is 5.41 Å². The molecule has 2 N–H and O–H groups in total. The highest BCUT2D eigenvalue weighted by atomic mass is 35.5. The molecule has 1 aliphatic carbocycles. The van der Waals surface area contributed by atoms with Crippen LogP contribution in [0.2, 0.25) is 10.0 Å². The molecule has 1 fully saturated rings. The Morgan fingerprint density at radius 2 is 1.79 bits per heavy atom. The first kappa shape index (κ1) is 19.1. The van der Waals surface area contributed by atoms with Crippen molar-refractivity contribution in [3.05, 3.63) is 28.2 Å². The Morgan fingerprint density at radius 1 is 1.21 bits per heavy atom. The van der Waals surface area contributed by atoms with Crippen LogP contribution in [0.15, 0.2) is 18.2 Å². The molecule has 1 aromatic carbocycles. The van der Waals surface area contributed by atoms with E-state index in [-0.39, 0.29) is 23.7 Å². The van der Waals surface area contributed by atoms with Gasteiger partial charge in [0.25, 0.3) is 0 Å². The van der Waals surface area contributed by atoms with Crippen molar-refractivity contribution in [1.29, 1.82) is 0 Å². The second-order valence-corrected chi connectivity index (χ2v) is 8.70. The van der Waals surface area contributed by atoms with Gasteiger partial charge in [-0.05, 0) is 48.8 Å². The van der Waals surface area contributed by atoms with Crippen LogP contribution in [-0.2, 0) is 9.59 Å². The van der Waals surface area contributed by atoms with E-state index >= 15 is 0 Å². The molecule has 1 saturated carbocycles. The molecule has 0 aromatic heterocycles. The van der Waals surface area contributed by atoms with Gasteiger partial charge in [-0.25, -0.2) is 0 Å². The summed E-state index contributed by atoms with van der Waals surface area (Å²) in [6.07, 6.45) is 1.91.